The van der Waals surface area contributed by atoms with Crippen LogP contribution in [0.1, 0.15) is 35.1 Å². The smallest absolute Gasteiger partial charge is 0.251 e. The number of amides is 1. The first-order chi connectivity index (χ1) is 14.0. The molecule has 1 aliphatic rings. The summed E-state index contributed by atoms with van der Waals surface area (Å²) in [5.41, 5.74) is 0.440. The van der Waals surface area contributed by atoms with Crippen molar-refractivity contribution in [2.75, 3.05) is 40.0 Å². The average molecular weight is 439 g/mol. The van der Waals surface area contributed by atoms with E-state index in [1.807, 2.05) is 19.9 Å². The van der Waals surface area contributed by atoms with Crippen molar-refractivity contribution in [2.24, 2.45) is 0 Å². The van der Waals surface area contributed by atoms with Crippen LogP contribution in [-0.2, 0) is 4.74 Å². The van der Waals surface area contributed by atoms with Crippen molar-refractivity contribution >= 4 is 28.8 Å². The van der Waals surface area contributed by atoms with Gasteiger partial charge in [-0.1, -0.05) is 17.7 Å². The lowest BCUT2D eigenvalue weighted by Crippen LogP contribution is -2.43. The number of ether oxygens (including phenoxy) is 3. The van der Waals surface area contributed by atoms with Crippen LogP contribution in [0.4, 0.5) is 0 Å². The monoisotopic (exact) mass is 438 g/mol. The number of hydrogen-bond donors (Lipinski definition) is 1. The predicted molar refractivity (Wildman–Crippen MR) is 116 cm³/mol. The van der Waals surface area contributed by atoms with Gasteiger partial charge in [-0.25, -0.2) is 0 Å². The summed E-state index contributed by atoms with van der Waals surface area (Å²) in [4.78, 5) is 16.4. The molecule has 0 radical (unpaired) electrons. The van der Waals surface area contributed by atoms with Crippen molar-refractivity contribution in [1.29, 1.82) is 0 Å². The number of thiophene rings is 1. The summed E-state index contributed by atoms with van der Waals surface area (Å²) in [7, 11) is 1.53. The van der Waals surface area contributed by atoms with Crippen LogP contribution in [0.25, 0.3) is 0 Å². The third-order valence-corrected chi connectivity index (χ3v) is 5.91. The number of benzene rings is 1. The van der Waals surface area contributed by atoms with Crippen molar-refractivity contribution < 1.29 is 19.0 Å². The third-order valence-electron chi connectivity index (χ3n) is 4.66. The fourth-order valence-electron chi connectivity index (χ4n) is 3.27. The van der Waals surface area contributed by atoms with Gasteiger partial charge in [0, 0.05) is 30.1 Å². The van der Waals surface area contributed by atoms with Crippen molar-refractivity contribution in [2.45, 2.75) is 26.0 Å². The lowest BCUT2D eigenvalue weighted by Gasteiger charge is -2.34. The number of rotatable bonds is 8. The van der Waals surface area contributed by atoms with E-state index in [0.717, 1.165) is 13.1 Å². The Hall–Kier alpha value is -1.80. The maximum atomic E-state index is 12.8. The summed E-state index contributed by atoms with van der Waals surface area (Å²) in [6.07, 6.45) is -0.0545. The Kier molecular flexibility index (Phi) is 7.77. The Morgan fingerprint density at radius 2 is 2.10 bits per heavy atom. The van der Waals surface area contributed by atoms with Crippen LogP contribution >= 0.6 is 22.9 Å². The van der Waals surface area contributed by atoms with Crippen molar-refractivity contribution in [3.05, 3.63) is 45.1 Å². The molecule has 8 heteroatoms. The molecule has 3 rings (SSSR count). The highest BCUT2D eigenvalue weighted by molar-refractivity contribution is 7.10. The van der Waals surface area contributed by atoms with Gasteiger partial charge in [0.2, 0.25) is 0 Å². The molecule has 1 saturated heterocycles. The van der Waals surface area contributed by atoms with Crippen LogP contribution in [0.2, 0.25) is 5.02 Å². The maximum absolute atomic E-state index is 12.8. The predicted octanol–water partition coefficient (Wildman–Crippen LogP) is 4.00. The minimum Gasteiger partial charge on any atom is -0.493 e. The summed E-state index contributed by atoms with van der Waals surface area (Å²) in [6, 6.07) is 7.53. The number of halogens is 1. The molecule has 0 unspecified atom stereocenters. The summed E-state index contributed by atoms with van der Waals surface area (Å²) in [5.74, 6) is 0.695. The normalized spacial score (nSPS) is 15.9. The minimum absolute atomic E-state index is 0.0545. The van der Waals surface area contributed by atoms with Gasteiger partial charge in [0.15, 0.2) is 11.5 Å². The van der Waals surface area contributed by atoms with Crippen LogP contribution in [-0.4, -0.2) is 56.9 Å². The second-order valence-corrected chi connectivity index (χ2v) is 8.43. The Bertz CT molecular complexity index is 807. The highest BCUT2D eigenvalue weighted by atomic mass is 35.5. The number of morpholine rings is 1. The molecular formula is C21H27ClN2O4S. The zero-order chi connectivity index (χ0) is 20.8. The van der Waals surface area contributed by atoms with Crippen LogP contribution < -0.4 is 14.8 Å². The molecule has 6 nitrogen and oxygen atoms in total. The second kappa shape index (κ2) is 10.3. The van der Waals surface area contributed by atoms with Crippen molar-refractivity contribution in [3.8, 4) is 11.5 Å². The maximum Gasteiger partial charge on any atom is 0.251 e. The molecule has 2 aromatic rings. The summed E-state index contributed by atoms with van der Waals surface area (Å²) < 4.78 is 16.6. The molecule has 0 spiro atoms. The van der Waals surface area contributed by atoms with E-state index < -0.39 is 0 Å². The lowest BCUT2D eigenvalue weighted by molar-refractivity contribution is 0.0169. The van der Waals surface area contributed by atoms with Crippen LogP contribution in [0, 0.1) is 0 Å². The van der Waals surface area contributed by atoms with E-state index in [0.29, 0.717) is 41.8 Å². The van der Waals surface area contributed by atoms with Crippen LogP contribution in [0.15, 0.2) is 29.6 Å². The van der Waals surface area contributed by atoms with E-state index in [2.05, 4.69) is 21.7 Å². The molecule has 2 heterocycles. The van der Waals surface area contributed by atoms with Gasteiger partial charge in [-0.2, -0.15) is 0 Å². The number of carbonyl (C=O) groups excluding carboxylic acids is 1. The van der Waals surface area contributed by atoms with Gasteiger partial charge in [-0.05, 0) is 37.4 Å². The van der Waals surface area contributed by atoms with Crippen molar-refractivity contribution in [1.82, 2.24) is 10.2 Å². The van der Waals surface area contributed by atoms with E-state index in [1.54, 1.807) is 23.5 Å². The molecular weight excluding hydrogens is 412 g/mol. The van der Waals surface area contributed by atoms with Gasteiger partial charge in [0.1, 0.15) is 0 Å². The molecule has 0 bridgehead atoms. The first-order valence-electron chi connectivity index (χ1n) is 9.67. The van der Waals surface area contributed by atoms with Gasteiger partial charge >= 0.3 is 0 Å². The summed E-state index contributed by atoms with van der Waals surface area (Å²) in [6.45, 7) is 7.43. The topological polar surface area (TPSA) is 60.0 Å². The fourth-order valence-corrected chi connectivity index (χ4v) is 4.39. The van der Waals surface area contributed by atoms with Gasteiger partial charge in [0.05, 0.1) is 37.5 Å². The standard InChI is InChI=1S/C21H27ClN2O4S/c1-14(2)28-20-16(22)11-15(12-18(20)26-3)21(25)23-13-17(19-5-4-10-29-19)24-6-8-27-9-7-24/h4-5,10-12,14,17H,6-9,13H2,1-3H3,(H,23,25)/t17-/m1/s1. The molecule has 1 atom stereocenters. The number of carbonyl (C=O) groups is 1. The van der Waals surface area contributed by atoms with Crippen LogP contribution in [0.5, 0.6) is 11.5 Å². The van der Waals surface area contributed by atoms with Crippen molar-refractivity contribution in [3.63, 3.8) is 0 Å². The molecule has 158 valence electrons. The number of nitrogens with one attached hydrogen (secondary N) is 1. The van der Waals surface area contributed by atoms with Crippen LogP contribution in [0.3, 0.4) is 0 Å². The molecule has 1 aliphatic heterocycles. The third kappa shape index (κ3) is 5.63. The first-order valence-corrected chi connectivity index (χ1v) is 10.9. The Balaban J connectivity index is 1.73. The highest BCUT2D eigenvalue weighted by Gasteiger charge is 2.24. The lowest BCUT2D eigenvalue weighted by atomic mass is 10.1. The van der Waals surface area contributed by atoms with E-state index in [-0.39, 0.29) is 18.1 Å². The summed E-state index contributed by atoms with van der Waals surface area (Å²) >= 11 is 8.06. The summed E-state index contributed by atoms with van der Waals surface area (Å²) in [5, 5.41) is 5.46. The number of methoxy groups -OCH3 is 1. The zero-order valence-electron chi connectivity index (χ0n) is 16.9. The number of hydrogen-bond acceptors (Lipinski definition) is 6. The van der Waals surface area contributed by atoms with E-state index >= 15 is 0 Å². The Morgan fingerprint density at radius 1 is 1.34 bits per heavy atom. The molecule has 1 amide bonds. The molecule has 1 N–H and O–H groups in total. The van der Waals surface area contributed by atoms with E-state index in [9.17, 15) is 4.79 Å². The Morgan fingerprint density at radius 3 is 2.72 bits per heavy atom. The van der Waals surface area contributed by atoms with Gasteiger partial charge in [-0.15, -0.1) is 11.3 Å². The molecule has 0 aliphatic carbocycles. The molecule has 29 heavy (non-hydrogen) atoms. The average Bonchev–Trinajstić information content (AvgIpc) is 3.24. The molecule has 1 fully saturated rings. The number of nitrogens with zero attached hydrogens (tertiary/aromatic N) is 1. The van der Waals surface area contributed by atoms with Gasteiger partial charge < -0.3 is 19.5 Å². The fraction of sp³-hybridized carbons (Fsp3) is 0.476. The first kappa shape index (κ1) is 21.9. The second-order valence-electron chi connectivity index (χ2n) is 7.05. The largest absolute Gasteiger partial charge is 0.493 e. The highest BCUT2D eigenvalue weighted by Crippen LogP contribution is 2.37. The van der Waals surface area contributed by atoms with E-state index in [4.69, 9.17) is 25.8 Å². The van der Waals surface area contributed by atoms with Gasteiger partial charge in [-0.3, -0.25) is 9.69 Å². The Labute approximate surface area is 180 Å². The quantitative estimate of drug-likeness (QED) is 0.675. The molecule has 0 saturated carbocycles. The SMILES string of the molecule is COc1cc(C(=O)NC[C@H](c2cccs2)N2CCOCC2)cc(Cl)c1OC(C)C. The molecule has 1 aromatic carbocycles. The minimum atomic E-state index is -0.198. The van der Waals surface area contributed by atoms with Gasteiger partial charge in [0.25, 0.3) is 5.91 Å². The molecule has 1 aromatic heterocycles. The zero-order valence-corrected chi connectivity index (χ0v) is 18.5. The van der Waals surface area contributed by atoms with E-state index in [1.165, 1.54) is 12.0 Å².